The van der Waals surface area contributed by atoms with Gasteiger partial charge in [0.15, 0.2) is 0 Å². The maximum Gasteiger partial charge on any atom is 0.0737 e. The fourth-order valence-electron chi connectivity index (χ4n) is 7.19. The summed E-state index contributed by atoms with van der Waals surface area (Å²) in [6.07, 6.45) is 23.5. The second-order valence-corrected chi connectivity index (χ2v) is 12.9. The Morgan fingerprint density at radius 3 is 1.15 bits per heavy atom. The highest BCUT2D eigenvalue weighted by molar-refractivity contribution is 5.98. The van der Waals surface area contributed by atoms with Gasteiger partial charge >= 0.3 is 0 Å². The average molecular weight is 619 g/mol. The van der Waals surface area contributed by atoms with Crippen LogP contribution in [0.5, 0.6) is 0 Å². The molecule has 5 heterocycles. The van der Waals surface area contributed by atoms with Crippen molar-refractivity contribution in [1.82, 2.24) is 19.9 Å². The quantitative estimate of drug-likeness (QED) is 0.206. The van der Waals surface area contributed by atoms with Crippen molar-refractivity contribution in [3.8, 4) is 22.3 Å². The van der Waals surface area contributed by atoms with Crippen LogP contribution in [-0.2, 0) is 0 Å². The molecule has 4 heteroatoms. The van der Waals surface area contributed by atoms with Crippen molar-refractivity contribution < 1.29 is 0 Å². The molecule has 4 nitrogen and oxygen atoms in total. The van der Waals surface area contributed by atoms with Crippen molar-refractivity contribution in [3.63, 3.8) is 0 Å². The molecule has 3 aromatic heterocycles. The Bertz CT molecular complexity index is 2320. The zero-order valence-electron chi connectivity index (χ0n) is 27.0. The summed E-state index contributed by atoms with van der Waals surface area (Å²) in [5.41, 5.74) is 19.5. The smallest absolute Gasteiger partial charge is 0.0737 e. The number of hydrogen-bond donors (Lipinski definition) is 2. The average Bonchev–Trinajstić information content (AvgIpc) is 3.94. The van der Waals surface area contributed by atoms with Crippen LogP contribution in [0.3, 0.4) is 0 Å². The molecule has 0 saturated carbocycles. The van der Waals surface area contributed by atoms with Crippen LogP contribution in [0.15, 0.2) is 109 Å². The lowest BCUT2D eigenvalue weighted by atomic mass is 10.0. The number of allylic oxidation sites excluding steroid dienone is 8. The van der Waals surface area contributed by atoms with Crippen molar-refractivity contribution in [1.29, 1.82) is 0 Å². The zero-order chi connectivity index (χ0) is 32.2. The van der Waals surface area contributed by atoms with Gasteiger partial charge in [-0.2, -0.15) is 0 Å². The van der Waals surface area contributed by atoms with E-state index in [1.807, 2.05) is 0 Å². The van der Waals surface area contributed by atoms with E-state index in [4.69, 9.17) is 9.97 Å². The van der Waals surface area contributed by atoms with Crippen molar-refractivity contribution >= 4 is 57.5 Å². The number of hydrogen-bond acceptors (Lipinski definition) is 2. The SMILES string of the molecule is Cc1ccc(-c2c3nc(c(-c4ccc(C)cc4)c4ccc([nH]4)c(C4=CC=CC4)c4nc(c(C5=CC=CC5)c5ccc2[nH]5)C=C4)C=C3)cc1. The van der Waals surface area contributed by atoms with Gasteiger partial charge in [0, 0.05) is 44.3 Å². The molecule has 2 aliphatic heterocycles. The Hall–Kier alpha value is -6.00. The van der Waals surface area contributed by atoms with Gasteiger partial charge in [-0.1, -0.05) is 96.1 Å². The molecule has 0 saturated heterocycles. The number of H-pyrrole nitrogens is 2. The predicted octanol–water partition coefficient (Wildman–Crippen LogP) is 11.3. The first-order chi connectivity index (χ1) is 23.6. The van der Waals surface area contributed by atoms with Gasteiger partial charge in [-0.25, -0.2) is 9.97 Å². The molecule has 9 rings (SSSR count). The molecule has 0 fully saturated rings. The van der Waals surface area contributed by atoms with Gasteiger partial charge in [0.05, 0.1) is 22.8 Å². The van der Waals surface area contributed by atoms with Crippen LogP contribution in [0.4, 0.5) is 0 Å². The third-order valence-corrected chi connectivity index (χ3v) is 9.62. The molecule has 0 spiro atoms. The zero-order valence-corrected chi connectivity index (χ0v) is 27.0. The third kappa shape index (κ3) is 4.85. The summed E-state index contributed by atoms with van der Waals surface area (Å²) in [7, 11) is 0. The second-order valence-electron chi connectivity index (χ2n) is 12.9. The minimum Gasteiger partial charge on any atom is -0.354 e. The van der Waals surface area contributed by atoms with Gasteiger partial charge in [0.1, 0.15) is 0 Å². The van der Waals surface area contributed by atoms with Crippen molar-refractivity contribution in [2.75, 3.05) is 0 Å². The molecule has 4 aliphatic rings. The topological polar surface area (TPSA) is 57.4 Å². The lowest BCUT2D eigenvalue weighted by molar-refractivity contribution is 1.27. The van der Waals surface area contributed by atoms with Crippen LogP contribution in [0.1, 0.15) is 57.9 Å². The molecule has 48 heavy (non-hydrogen) atoms. The molecule has 0 atom stereocenters. The number of aromatic nitrogens is 4. The number of nitrogens with one attached hydrogen (secondary N) is 2. The van der Waals surface area contributed by atoms with E-state index in [9.17, 15) is 0 Å². The highest BCUT2D eigenvalue weighted by atomic mass is 14.8. The van der Waals surface area contributed by atoms with Crippen molar-refractivity contribution in [2.45, 2.75) is 26.7 Å². The van der Waals surface area contributed by atoms with E-state index in [0.717, 1.165) is 91.1 Å². The number of fused-ring (bicyclic) bond motifs is 8. The summed E-state index contributed by atoms with van der Waals surface area (Å²) in [6, 6.07) is 26.3. The van der Waals surface area contributed by atoms with E-state index in [2.05, 4.69) is 157 Å². The van der Waals surface area contributed by atoms with Gasteiger partial charge in [-0.3, -0.25) is 0 Å². The first kappa shape index (κ1) is 28.2. The minimum absolute atomic E-state index is 0.872. The maximum atomic E-state index is 5.39. The molecule has 8 bridgehead atoms. The van der Waals surface area contributed by atoms with Gasteiger partial charge < -0.3 is 9.97 Å². The lowest BCUT2D eigenvalue weighted by Crippen LogP contribution is -1.92. The number of nitrogens with zero attached hydrogens (tertiary/aromatic N) is 2. The largest absolute Gasteiger partial charge is 0.354 e. The normalized spacial score (nSPS) is 14.6. The van der Waals surface area contributed by atoms with Crippen molar-refractivity contribution in [2.24, 2.45) is 0 Å². The van der Waals surface area contributed by atoms with E-state index in [0.29, 0.717) is 0 Å². The second kappa shape index (κ2) is 11.4. The maximum absolute atomic E-state index is 5.39. The van der Waals surface area contributed by atoms with Gasteiger partial charge in [0.2, 0.25) is 0 Å². The monoisotopic (exact) mass is 618 g/mol. The van der Waals surface area contributed by atoms with Gasteiger partial charge in [0.25, 0.3) is 0 Å². The molecule has 5 aromatic rings. The van der Waals surface area contributed by atoms with E-state index < -0.39 is 0 Å². The highest BCUT2D eigenvalue weighted by Gasteiger charge is 2.20. The summed E-state index contributed by atoms with van der Waals surface area (Å²) in [5.74, 6) is 0. The highest BCUT2D eigenvalue weighted by Crippen LogP contribution is 2.38. The summed E-state index contributed by atoms with van der Waals surface area (Å²) in [5, 5.41) is 0. The van der Waals surface area contributed by atoms with E-state index >= 15 is 0 Å². The summed E-state index contributed by atoms with van der Waals surface area (Å²) in [4.78, 5) is 18.4. The molecule has 0 radical (unpaired) electrons. The molecule has 230 valence electrons. The molecular formula is C44H34N4. The van der Waals surface area contributed by atoms with Gasteiger partial charge in [-0.05, 0) is 97.5 Å². The molecule has 2 aromatic carbocycles. The Morgan fingerprint density at radius 1 is 0.438 bits per heavy atom. The molecule has 0 unspecified atom stereocenters. The minimum atomic E-state index is 0.872. The molecular weight excluding hydrogens is 585 g/mol. The van der Waals surface area contributed by atoms with Crippen LogP contribution >= 0.6 is 0 Å². The fraction of sp³-hybridized carbons (Fsp3) is 0.0909. The lowest BCUT2D eigenvalue weighted by Gasteiger charge is -2.07. The van der Waals surface area contributed by atoms with E-state index in [1.54, 1.807) is 0 Å². The van der Waals surface area contributed by atoms with E-state index in [-0.39, 0.29) is 0 Å². The standard InChI is InChI=1S/C44H34N4/c1-27-11-15-31(16-12-27)43-37-23-21-35(46-37)41(29-7-3-4-8-29)33-19-20-34(45-33)42(30-9-5-6-10-30)36-22-24-38(47-36)44(40-26-25-39(43)48-40)32-17-13-28(2)14-18-32/h3-7,9,11-26,46-47H,8,10H2,1-2H3. The van der Waals surface area contributed by atoms with Crippen LogP contribution in [0.25, 0.3) is 79.8 Å². The Morgan fingerprint density at radius 2 is 0.792 bits per heavy atom. The number of aryl methyl sites for hydroxylation is 2. The van der Waals surface area contributed by atoms with Crippen molar-refractivity contribution in [3.05, 3.63) is 154 Å². The number of benzene rings is 2. The summed E-state index contributed by atoms with van der Waals surface area (Å²) in [6.45, 7) is 4.25. The molecule has 2 N–H and O–H groups in total. The first-order valence-corrected chi connectivity index (χ1v) is 16.6. The molecule has 0 amide bonds. The van der Waals surface area contributed by atoms with Crippen LogP contribution in [0.2, 0.25) is 0 Å². The Labute approximate surface area is 280 Å². The van der Waals surface area contributed by atoms with Gasteiger partial charge in [-0.15, -0.1) is 0 Å². The van der Waals surface area contributed by atoms with Crippen LogP contribution < -0.4 is 0 Å². The third-order valence-electron chi connectivity index (χ3n) is 9.62. The molecule has 2 aliphatic carbocycles. The Balaban J connectivity index is 1.45. The van der Waals surface area contributed by atoms with Crippen LogP contribution in [-0.4, -0.2) is 19.9 Å². The Kier molecular flexibility index (Phi) is 6.68. The summed E-state index contributed by atoms with van der Waals surface area (Å²) < 4.78 is 0. The van der Waals surface area contributed by atoms with Crippen LogP contribution in [0, 0.1) is 13.8 Å². The first-order valence-electron chi connectivity index (χ1n) is 16.6. The fourth-order valence-corrected chi connectivity index (χ4v) is 7.19. The van der Waals surface area contributed by atoms with E-state index in [1.165, 1.54) is 22.3 Å². The number of rotatable bonds is 4. The number of aromatic amines is 2. The summed E-state index contributed by atoms with van der Waals surface area (Å²) >= 11 is 0. The predicted molar refractivity (Wildman–Crippen MR) is 203 cm³/mol.